The van der Waals surface area contributed by atoms with E-state index < -0.39 is 0 Å². The van der Waals surface area contributed by atoms with Crippen molar-refractivity contribution in [1.29, 1.82) is 0 Å². The molecular formula is C9H16BrNO2. The lowest BCUT2D eigenvalue weighted by atomic mass is 10.0. The number of nitrogens with zero attached hydrogens (tertiary/aromatic N) is 1. The summed E-state index contributed by atoms with van der Waals surface area (Å²) in [4.78, 5) is 13.2. The summed E-state index contributed by atoms with van der Waals surface area (Å²) in [5, 5.41) is 0.975. The third-order valence-electron chi connectivity index (χ3n) is 2.26. The molecule has 0 unspecified atom stereocenters. The Kier molecular flexibility index (Phi) is 4.56. The maximum atomic E-state index is 11.3. The van der Waals surface area contributed by atoms with E-state index >= 15 is 0 Å². The van der Waals surface area contributed by atoms with E-state index in [1.807, 2.05) is 6.92 Å². The largest absolute Gasteiger partial charge is 0.450 e. The molecule has 13 heavy (non-hydrogen) atoms. The Morgan fingerprint density at radius 1 is 1.69 bits per heavy atom. The minimum Gasteiger partial charge on any atom is -0.450 e. The SMILES string of the molecule is CCOC(=O)N1CCC[C@@H](CBr)C1. The first-order chi connectivity index (χ1) is 6.27. The summed E-state index contributed by atoms with van der Waals surface area (Å²) >= 11 is 3.45. The molecule has 1 aliphatic rings. The Morgan fingerprint density at radius 2 is 2.46 bits per heavy atom. The lowest BCUT2D eigenvalue weighted by Gasteiger charge is -2.30. The van der Waals surface area contributed by atoms with Crippen LogP contribution >= 0.6 is 15.9 Å². The minimum atomic E-state index is -0.159. The van der Waals surface area contributed by atoms with Gasteiger partial charge in [0.1, 0.15) is 0 Å². The molecule has 1 amide bonds. The number of hydrogen-bond donors (Lipinski definition) is 0. The molecule has 3 nitrogen and oxygen atoms in total. The Morgan fingerprint density at radius 3 is 3.08 bits per heavy atom. The van der Waals surface area contributed by atoms with Crippen LogP contribution < -0.4 is 0 Å². The standard InChI is InChI=1S/C9H16BrNO2/c1-2-13-9(12)11-5-3-4-8(6-10)7-11/h8H,2-7H2,1H3/t8-/m0/s1. The third kappa shape index (κ3) is 3.18. The molecule has 0 spiro atoms. The number of rotatable bonds is 2. The molecule has 0 saturated carbocycles. The topological polar surface area (TPSA) is 29.5 Å². The number of piperidine rings is 1. The van der Waals surface area contributed by atoms with Crippen LogP contribution in [-0.4, -0.2) is 36.0 Å². The first-order valence-electron chi connectivity index (χ1n) is 4.75. The molecule has 0 aliphatic carbocycles. The summed E-state index contributed by atoms with van der Waals surface area (Å²) in [5.41, 5.74) is 0. The van der Waals surface area contributed by atoms with Crippen LogP contribution in [0.2, 0.25) is 0 Å². The minimum absolute atomic E-state index is 0.159. The summed E-state index contributed by atoms with van der Waals surface area (Å²) in [6.45, 7) is 3.99. The van der Waals surface area contributed by atoms with Crippen molar-refractivity contribution >= 4 is 22.0 Å². The van der Waals surface area contributed by atoms with Crippen LogP contribution in [0.15, 0.2) is 0 Å². The molecule has 1 atom stereocenters. The Balaban J connectivity index is 2.37. The van der Waals surface area contributed by atoms with Crippen LogP contribution in [0.3, 0.4) is 0 Å². The van der Waals surface area contributed by atoms with E-state index in [4.69, 9.17) is 4.74 Å². The van der Waals surface area contributed by atoms with Crippen LogP contribution in [-0.2, 0) is 4.74 Å². The van der Waals surface area contributed by atoms with Crippen LogP contribution in [0, 0.1) is 5.92 Å². The lowest BCUT2D eigenvalue weighted by molar-refractivity contribution is 0.0911. The molecule has 1 fully saturated rings. The molecule has 0 N–H and O–H groups in total. The third-order valence-corrected chi connectivity index (χ3v) is 3.18. The van der Waals surface area contributed by atoms with E-state index in [0.29, 0.717) is 12.5 Å². The van der Waals surface area contributed by atoms with E-state index in [1.165, 1.54) is 6.42 Å². The van der Waals surface area contributed by atoms with Gasteiger partial charge < -0.3 is 9.64 Å². The summed E-state index contributed by atoms with van der Waals surface area (Å²) < 4.78 is 4.95. The maximum Gasteiger partial charge on any atom is 0.409 e. The maximum absolute atomic E-state index is 11.3. The molecule has 0 aromatic carbocycles. The van der Waals surface area contributed by atoms with Crippen molar-refractivity contribution in [3.05, 3.63) is 0 Å². The molecule has 0 aromatic rings. The van der Waals surface area contributed by atoms with Gasteiger partial charge in [-0.25, -0.2) is 4.79 Å². The van der Waals surface area contributed by atoms with Gasteiger partial charge in [0.15, 0.2) is 0 Å². The molecule has 0 radical (unpaired) electrons. The normalized spacial score (nSPS) is 22.9. The van der Waals surface area contributed by atoms with E-state index in [0.717, 1.165) is 24.8 Å². The number of hydrogen-bond acceptors (Lipinski definition) is 2. The monoisotopic (exact) mass is 249 g/mol. The number of carbonyl (C=O) groups excluding carboxylic acids is 1. The summed E-state index contributed by atoms with van der Waals surface area (Å²) in [5.74, 6) is 0.596. The second-order valence-electron chi connectivity index (χ2n) is 3.31. The summed E-state index contributed by atoms with van der Waals surface area (Å²) in [7, 11) is 0. The van der Waals surface area contributed by atoms with Gasteiger partial charge in [-0.2, -0.15) is 0 Å². The average Bonchev–Trinajstić information content (AvgIpc) is 2.18. The Labute approximate surface area is 87.6 Å². The van der Waals surface area contributed by atoms with Gasteiger partial charge in [0.05, 0.1) is 6.61 Å². The zero-order chi connectivity index (χ0) is 9.68. The van der Waals surface area contributed by atoms with Gasteiger partial charge in [-0.3, -0.25) is 0 Å². The smallest absolute Gasteiger partial charge is 0.409 e. The highest BCUT2D eigenvalue weighted by molar-refractivity contribution is 9.09. The van der Waals surface area contributed by atoms with Gasteiger partial charge in [0, 0.05) is 18.4 Å². The zero-order valence-electron chi connectivity index (χ0n) is 7.96. The van der Waals surface area contributed by atoms with Gasteiger partial charge in [-0.05, 0) is 25.7 Å². The van der Waals surface area contributed by atoms with Gasteiger partial charge in [0.2, 0.25) is 0 Å². The van der Waals surface area contributed by atoms with Crippen molar-refractivity contribution in [2.75, 3.05) is 25.0 Å². The second-order valence-corrected chi connectivity index (χ2v) is 3.95. The first kappa shape index (κ1) is 10.8. The van der Waals surface area contributed by atoms with E-state index in [2.05, 4.69) is 15.9 Å². The van der Waals surface area contributed by atoms with Crippen molar-refractivity contribution in [1.82, 2.24) is 4.90 Å². The zero-order valence-corrected chi connectivity index (χ0v) is 9.55. The van der Waals surface area contributed by atoms with Crippen LogP contribution in [0.5, 0.6) is 0 Å². The Bertz CT molecular complexity index is 175. The fourth-order valence-electron chi connectivity index (χ4n) is 1.57. The van der Waals surface area contributed by atoms with Crippen molar-refractivity contribution in [2.45, 2.75) is 19.8 Å². The van der Waals surface area contributed by atoms with Gasteiger partial charge in [-0.1, -0.05) is 15.9 Å². The predicted octanol–water partition coefficient (Wildman–Crippen LogP) is 2.25. The second kappa shape index (κ2) is 5.47. The predicted molar refractivity (Wildman–Crippen MR) is 55.1 cm³/mol. The number of halogens is 1. The fraction of sp³-hybridized carbons (Fsp3) is 0.889. The van der Waals surface area contributed by atoms with Gasteiger partial charge in [0.25, 0.3) is 0 Å². The molecule has 1 heterocycles. The van der Waals surface area contributed by atoms with E-state index in [1.54, 1.807) is 4.90 Å². The van der Waals surface area contributed by atoms with Gasteiger partial charge in [-0.15, -0.1) is 0 Å². The molecule has 1 aliphatic heterocycles. The van der Waals surface area contributed by atoms with Crippen LogP contribution in [0.25, 0.3) is 0 Å². The van der Waals surface area contributed by atoms with Crippen LogP contribution in [0.4, 0.5) is 4.79 Å². The highest BCUT2D eigenvalue weighted by Crippen LogP contribution is 2.18. The number of alkyl halides is 1. The van der Waals surface area contributed by atoms with Crippen molar-refractivity contribution in [3.8, 4) is 0 Å². The molecule has 76 valence electrons. The highest BCUT2D eigenvalue weighted by Gasteiger charge is 2.23. The molecule has 1 saturated heterocycles. The summed E-state index contributed by atoms with van der Waals surface area (Å²) in [6, 6.07) is 0. The molecule has 4 heteroatoms. The quantitative estimate of drug-likeness (QED) is 0.703. The first-order valence-corrected chi connectivity index (χ1v) is 5.87. The van der Waals surface area contributed by atoms with E-state index in [9.17, 15) is 4.79 Å². The van der Waals surface area contributed by atoms with Gasteiger partial charge >= 0.3 is 6.09 Å². The molecule has 1 rings (SSSR count). The van der Waals surface area contributed by atoms with Crippen LogP contribution in [0.1, 0.15) is 19.8 Å². The average molecular weight is 250 g/mol. The number of ether oxygens (including phenoxy) is 1. The molecule has 0 bridgehead atoms. The lowest BCUT2D eigenvalue weighted by Crippen LogP contribution is -2.40. The Hall–Kier alpha value is -0.250. The molecular weight excluding hydrogens is 234 g/mol. The van der Waals surface area contributed by atoms with Crippen molar-refractivity contribution in [3.63, 3.8) is 0 Å². The summed E-state index contributed by atoms with van der Waals surface area (Å²) in [6.07, 6.45) is 2.14. The fourth-order valence-corrected chi connectivity index (χ4v) is 2.10. The van der Waals surface area contributed by atoms with Crippen molar-refractivity contribution in [2.24, 2.45) is 5.92 Å². The van der Waals surface area contributed by atoms with E-state index in [-0.39, 0.29) is 6.09 Å². The molecule has 0 aromatic heterocycles. The number of likely N-dealkylation sites (tertiary alicyclic amines) is 1. The number of carbonyl (C=O) groups is 1. The van der Waals surface area contributed by atoms with Crippen molar-refractivity contribution < 1.29 is 9.53 Å². The highest BCUT2D eigenvalue weighted by atomic mass is 79.9. The number of amides is 1.